The number of ketones is 1. The fourth-order valence-electron chi connectivity index (χ4n) is 1.89. The number of hydrogen-bond donors (Lipinski definition) is 1. The van der Waals surface area contributed by atoms with Crippen molar-refractivity contribution in [3.8, 4) is 5.75 Å². The summed E-state index contributed by atoms with van der Waals surface area (Å²) in [6, 6.07) is 14.7. The zero-order chi connectivity index (χ0) is 15.9. The lowest BCUT2D eigenvalue weighted by Gasteiger charge is -2.15. The van der Waals surface area contributed by atoms with Gasteiger partial charge < -0.3 is 10.6 Å². The second-order valence-electron chi connectivity index (χ2n) is 4.41. The molecule has 0 bridgehead atoms. The lowest BCUT2D eigenvalue weighted by Crippen LogP contribution is -2.11. The smallest absolute Gasteiger partial charge is 0.193 e. The SMILES string of the molecule is COc1cccc(C(Sc2ccc(Cl)cc2)C(=O)C=NN)c1. The van der Waals surface area contributed by atoms with Crippen molar-refractivity contribution in [2.45, 2.75) is 10.1 Å². The normalized spacial score (nSPS) is 12.3. The van der Waals surface area contributed by atoms with Gasteiger partial charge in [-0.1, -0.05) is 23.7 Å². The maximum atomic E-state index is 12.3. The van der Waals surface area contributed by atoms with Crippen molar-refractivity contribution in [3.63, 3.8) is 0 Å². The summed E-state index contributed by atoms with van der Waals surface area (Å²) in [5, 5.41) is 3.54. The van der Waals surface area contributed by atoms with Gasteiger partial charge in [-0.25, -0.2) is 0 Å². The number of ether oxygens (including phenoxy) is 1. The topological polar surface area (TPSA) is 64.7 Å². The first-order valence-corrected chi connectivity index (χ1v) is 7.73. The number of nitrogens with zero attached hydrogens (tertiary/aromatic N) is 1. The summed E-state index contributed by atoms with van der Waals surface area (Å²) in [5.41, 5.74) is 0.823. The molecule has 2 aromatic rings. The van der Waals surface area contributed by atoms with E-state index in [1.165, 1.54) is 11.8 Å². The summed E-state index contributed by atoms with van der Waals surface area (Å²) in [5.74, 6) is 5.62. The van der Waals surface area contributed by atoms with Crippen LogP contribution in [0.4, 0.5) is 0 Å². The first-order valence-electron chi connectivity index (χ1n) is 6.47. The Labute approximate surface area is 138 Å². The van der Waals surface area contributed by atoms with Gasteiger partial charge in [-0.05, 0) is 42.0 Å². The minimum absolute atomic E-state index is 0.185. The van der Waals surface area contributed by atoms with Crippen LogP contribution in [0.25, 0.3) is 0 Å². The van der Waals surface area contributed by atoms with E-state index in [0.29, 0.717) is 10.8 Å². The van der Waals surface area contributed by atoms with E-state index in [0.717, 1.165) is 16.7 Å². The largest absolute Gasteiger partial charge is 0.497 e. The maximum absolute atomic E-state index is 12.3. The van der Waals surface area contributed by atoms with Gasteiger partial charge in [-0.15, -0.1) is 11.8 Å². The lowest BCUT2D eigenvalue weighted by atomic mass is 10.1. The number of thioether (sulfide) groups is 1. The van der Waals surface area contributed by atoms with Crippen molar-refractivity contribution in [2.24, 2.45) is 10.9 Å². The molecule has 0 aromatic heterocycles. The fourth-order valence-corrected chi connectivity index (χ4v) is 3.04. The zero-order valence-electron chi connectivity index (χ0n) is 11.9. The van der Waals surface area contributed by atoms with Crippen LogP contribution >= 0.6 is 23.4 Å². The number of hydrogen-bond acceptors (Lipinski definition) is 5. The molecule has 0 fully saturated rings. The second kappa shape index (κ2) is 7.87. The standard InChI is InChI=1S/C16H15ClN2O2S/c1-21-13-4-2-3-11(9-13)16(15(20)10-19-18)22-14-7-5-12(17)6-8-14/h2-10,16H,18H2,1H3. The number of methoxy groups -OCH3 is 1. The number of hydrazone groups is 1. The third kappa shape index (κ3) is 4.26. The molecule has 0 heterocycles. The second-order valence-corrected chi connectivity index (χ2v) is 6.02. The van der Waals surface area contributed by atoms with Crippen LogP contribution in [0.5, 0.6) is 5.75 Å². The molecular formula is C16H15ClN2O2S. The first-order chi connectivity index (χ1) is 10.6. The third-order valence-corrected chi connectivity index (χ3v) is 4.46. The van der Waals surface area contributed by atoms with Crippen molar-refractivity contribution in [1.82, 2.24) is 0 Å². The van der Waals surface area contributed by atoms with E-state index in [9.17, 15) is 4.79 Å². The third-order valence-electron chi connectivity index (χ3n) is 2.92. The molecule has 2 rings (SSSR count). The Morgan fingerprint density at radius 3 is 2.68 bits per heavy atom. The van der Waals surface area contributed by atoms with Gasteiger partial charge in [0.2, 0.25) is 0 Å². The van der Waals surface area contributed by atoms with Crippen molar-refractivity contribution in [1.29, 1.82) is 0 Å². The van der Waals surface area contributed by atoms with E-state index < -0.39 is 5.25 Å². The molecule has 0 saturated carbocycles. The number of carbonyl (C=O) groups is 1. The molecule has 2 N–H and O–H groups in total. The van der Waals surface area contributed by atoms with Gasteiger partial charge in [0.15, 0.2) is 5.78 Å². The van der Waals surface area contributed by atoms with E-state index in [1.54, 1.807) is 19.2 Å². The summed E-state index contributed by atoms with van der Waals surface area (Å²) in [4.78, 5) is 13.2. The van der Waals surface area contributed by atoms with Crippen LogP contribution in [0, 0.1) is 0 Å². The number of rotatable bonds is 6. The molecule has 114 valence electrons. The van der Waals surface area contributed by atoms with Gasteiger partial charge in [0.1, 0.15) is 5.75 Å². The first kappa shape index (κ1) is 16.4. The van der Waals surface area contributed by atoms with Crippen molar-refractivity contribution >= 4 is 35.4 Å². The quantitative estimate of drug-likeness (QED) is 0.378. The van der Waals surface area contributed by atoms with Gasteiger partial charge in [0.05, 0.1) is 18.6 Å². The van der Waals surface area contributed by atoms with Crippen molar-refractivity contribution < 1.29 is 9.53 Å². The highest BCUT2D eigenvalue weighted by molar-refractivity contribution is 8.00. The Bertz CT molecular complexity index is 674. The molecular weight excluding hydrogens is 320 g/mol. The van der Waals surface area contributed by atoms with Crippen LogP contribution in [-0.4, -0.2) is 19.1 Å². The molecule has 0 aliphatic carbocycles. The van der Waals surface area contributed by atoms with E-state index in [4.69, 9.17) is 22.2 Å². The Balaban J connectivity index is 2.33. The molecule has 0 amide bonds. The summed E-state index contributed by atoms with van der Waals surface area (Å²) >= 11 is 7.29. The molecule has 6 heteroatoms. The van der Waals surface area contributed by atoms with Gasteiger partial charge in [0, 0.05) is 9.92 Å². The predicted octanol–water partition coefficient (Wildman–Crippen LogP) is 3.70. The maximum Gasteiger partial charge on any atom is 0.193 e. The van der Waals surface area contributed by atoms with Gasteiger partial charge in [-0.2, -0.15) is 5.10 Å². The molecule has 4 nitrogen and oxygen atoms in total. The highest BCUT2D eigenvalue weighted by Crippen LogP contribution is 2.37. The Morgan fingerprint density at radius 2 is 2.05 bits per heavy atom. The van der Waals surface area contributed by atoms with E-state index in [-0.39, 0.29) is 5.78 Å². The van der Waals surface area contributed by atoms with E-state index >= 15 is 0 Å². The molecule has 22 heavy (non-hydrogen) atoms. The number of halogens is 1. The average Bonchev–Trinajstić information content (AvgIpc) is 2.54. The molecule has 0 spiro atoms. The molecule has 0 aliphatic rings. The lowest BCUT2D eigenvalue weighted by molar-refractivity contribution is -0.112. The predicted molar refractivity (Wildman–Crippen MR) is 90.7 cm³/mol. The number of carbonyl (C=O) groups excluding carboxylic acids is 1. The van der Waals surface area contributed by atoms with E-state index in [2.05, 4.69) is 5.10 Å². The molecule has 0 aliphatic heterocycles. The van der Waals surface area contributed by atoms with Crippen LogP contribution in [0.15, 0.2) is 58.5 Å². The summed E-state index contributed by atoms with van der Waals surface area (Å²) in [7, 11) is 1.59. The van der Waals surface area contributed by atoms with Gasteiger partial charge >= 0.3 is 0 Å². The Morgan fingerprint density at radius 1 is 1.32 bits per heavy atom. The molecule has 0 saturated heterocycles. The Hall–Kier alpha value is -1.98. The van der Waals surface area contributed by atoms with Crippen molar-refractivity contribution in [3.05, 3.63) is 59.1 Å². The minimum Gasteiger partial charge on any atom is -0.497 e. The van der Waals surface area contributed by atoms with Crippen LogP contribution in [0.3, 0.4) is 0 Å². The van der Waals surface area contributed by atoms with Gasteiger partial charge in [0.25, 0.3) is 0 Å². The van der Waals surface area contributed by atoms with Crippen LogP contribution in [0.2, 0.25) is 5.02 Å². The van der Waals surface area contributed by atoms with Crippen LogP contribution in [-0.2, 0) is 4.79 Å². The van der Waals surface area contributed by atoms with Crippen LogP contribution in [0.1, 0.15) is 10.8 Å². The van der Waals surface area contributed by atoms with Crippen molar-refractivity contribution in [2.75, 3.05) is 7.11 Å². The monoisotopic (exact) mass is 334 g/mol. The summed E-state index contributed by atoms with van der Waals surface area (Å²) in [6.45, 7) is 0. The Kier molecular flexibility index (Phi) is 5.86. The molecule has 1 unspecified atom stereocenters. The molecule has 2 aromatic carbocycles. The highest BCUT2D eigenvalue weighted by Gasteiger charge is 2.21. The van der Waals surface area contributed by atoms with E-state index in [1.807, 2.05) is 36.4 Å². The van der Waals surface area contributed by atoms with Crippen LogP contribution < -0.4 is 10.6 Å². The zero-order valence-corrected chi connectivity index (χ0v) is 13.5. The number of nitrogens with two attached hydrogens (primary N) is 1. The number of benzene rings is 2. The average molecular weight is 335 g/mol. The minimum atomic E-state index is -0.455. The number of Topliss-reactive ketones (excluding diaryl/α,β-unsaturated/α-hetero) is 1. The summed E-state index contributed by atoms with van der Waals surface area (Å²) in [6.07, 6.45) is 1.13. The highest BCUT2D eigenvalue weighted by atomic mass is 35.5. The van der Waals surface area contributed by atoms with Gasteiger partial charge in [-0.3, -0.25) is 4.79 Å². The summed E-state index contributed by atoms with van der Waals surface area (Å²) < 4.78 is 5.21. The molecule has 0 radical (unpaired) electrons. The fraction of sp³-hybridized carbons (Fsp3) is 0.125. The molecule has 1 atom stereocenters.